The summed E-state index contributed by atoms with van der Waals surface area (Å²) in [5, 5.41) is 42.5. The number of pyridine rings is 1. The number of ether oxygens (including phenoxy) is 5. The maximum Gasteiger partial charge on any atom is 1.00 e. The van der Waals surface area contributed by atoms with Crippen molar-refractivity contribution in [2.45, 2.75) is 137 Å². The maximum absolute atomic E-state index is 12.7. The van der Waals surface area contributed by atoms with Crippen molar-refractivity contribution in [1.29, 1.82) is 0 Å². The van der Waals surface area contributed by atoms with Gasteiger partial charge in [0, 0.05) is 161 Å². The summed E-state index contributed by atoms with van der Waals surface area (Å²) in [6.45, 7) is 18.6. The molecule has 9 aliphatic rings. The number of halogens is 2. The van der Waals surface area contributed by atoms with Crippen molar-refractivity contribution in [2.75, 3.05) is 113 Å². The molecule has 5 aromatic heterocycles. The number of anilines is 3. The summed E-state index contributed by atoms with van der Waals surface area (Å²) >= 11 is 20.6. The fourth-order valence-corrected chi connectivity index (χ4v) is 21.3. The van der Waals surface area contributed by atoms with E-state index in [-0.39, 0.29) is 176 Å². The van der Waals surface area contributed by atoms with Crippen LogP contribution < -0.4 is 102 Å². The number of rotatable bonds is 26. The van der Waals surface area contributed by atoms with Crippen LogP contribution in [0.3, 0.4) is 0 Å². The zero-order valence-corrected chi connectivity index (χ0v) is 85.4. The minimum atomic E-state index is -3.64. The third-order valence-corrected chi connectivity index (χ3v) is 29.3. The molecule has 137 heavy (non-hydrogen) atoms. The van der Waals surface area contributed by atoms with Crippen molar-refractivity contribution in [3.05, 3.63) is 151 Å². The Morgan fingerprint density at radius 1 is 0.847 bits per heavy atom. The first-order valence-electron chi connectivity index (χ1n) is 41.0. The number of esters is 2. The second-order valence-corrected chi connectivity index (χ2v) is 39.3. The second kappa shape index (κ2) is 50.0. The van der Waals surface area contributed by atoms with E-state index in [1.54, 1.807) is 67.9 Å². The van der Waals surface area contributed by atoms with Crippen molar-refractivity contribution in [1.82, 2.24) is 69.0 Å². The van der Waals surface area contributed by atoms with Crippen LogP contribution >= 0.6 is 70.7 Å². The molecule has 7 fully saturated rings. The number of fused-ring (bicyclic) bond motifs is 4. The average molecular weight is 2060 g/mol. The number of nitrogens with zero attached hydrogens (tertiary/aromatic N) is 16. The molecule has 7 saturated heterocycles. The second-order valence-electron chi connectivity index (χ2n) is 31.6. The van der Waals surface area contributed by atoms with Crippen LogP contribution in [0.2, 0.25) is 10.0 Å². The van der Waals surface area contributed by atoms with Crippen LogP contribution in [-0.2, 0) is 112 Å². The third-order valence-electron chi connectivity index (χ3n) is 22.2. The number of nitrogens with one attached hydrogen (secondary N) is 1. The Bertz CT molecular complexity index is 5830. The molecule has 10 atom stereocenters. The summed E-state index contributed by atoms with van der Waals surface area (Å²) in [6, 6.07) is 10.6. The molecule has 7 aromatic rings. The number of thioether (sulfide) groups is 2. The van der Waals surface area contributed by atoms with Gasteiger partial charge in [-0.05, 0) is 75.9 Å². The Morgan fingerprint density at radius 3 is 2.04 bits per heavy atom. The van der Waals surface area contributed by atoms with E-state index in [0.29, 0.717) is 76.2 Å². The zero-order valence-electron chi connectivity index (χ0n) is 75.7. The molecule has 14 heterocycles. The fourth-order valence-electron chi connectivity index (χ4n) is 15.1. The van der Waals surface area contributed by atoms with Gasteiger partial charge in [-0.2, -0.15) is 17.6 Å². The number of piperazine rings is 2. The number of benzene rings is 2. The number of aliphatic carboxylic acids is 2. The van der Waals surface area contributed by atoms with E-state index in [1.165, 1.54) is 90.7 Å². The van der Waals surface area contributed by atoms with Crippen molar-refractivity contribution < 1.29 is 180 Å². The predicted molar refractivity (Wildman–Crippen MR) is 492 cm³/mol. The van der Waals surface area contributed by atoms with E-state index < -0.39 is 102 Å². The molecule has 0 bridgehead atoms. The first kappa shape index (κ1) is 114. The fraction of sp³-hybridized carbons (Fsp3) is 0.463. The molecule has 9 aliphatic heterocycles. The molecular formula is C82H98Cl2N20Na2O26S5-2. The zero-order chi connectivity index (χ0) is 96.9. The van der Waals surface area contributed by atoms with E-state index in [0.717, 1.165) is 80.0 Å². The average Bonchev–Trinajstić information content (AvgIpc) is 1.53. The van der Waals surface area contributed by atoms with Gasteiger partial charge in [-0.1, -0.05) is 45.3 Å². The molecule has 0 radical (unpaired) electrons. The van der Waals surface area contributed by atoms with Crippen LogP contribution in [0.5, 0.6) is 5.75 Å². The predicted octanol–water partition coefficient (Wildman–Crippen LogP) is -3.99. The first-order chi connectivity index (χ1) is 63.1. The SMILES string of the molecule is CC(=O)N1CCN(c2ccc(OC[C@H]3CO[C@](Cn4ccnc4)(c4ccc(Cl)cc4Cl)O3)cc2)CC1.CC(=O)OCC1=C(C(=O)O)N2C(=O)[C@@H](N)[C@H]2SC1.CC(C)(S)[C@@H](N)C(=O)O.CCn1cc(C(=O)O)c(=O)c2cnc(N3CCNCC3)nc21.CO/N=C(\C(=O)C[C@@H]1C(=O)N2C([C-]=O)=C(COC(C)=O)CS[C@H]12)c1csc(N)n1.C[C@]1(Cn2ccnn2)[C@H]([C-]=O)N2C(=O)C[C@H]2S1(=O)=O.[Na+].[Na+].[OH-].[OH-]. The smallest absolute Gasteiger partial charge is 0.870 e. The molecule has 55 heteroatoms. The summed E-state index contributed by atoms with van der Waals surface area (Å²) < 4.78 is 56.2. The Hall–Kier alpha value is -9.60. The van der Waals surface area contributed by atoms with Gasteiger partial charge >= 0.3 is 89.0 Å². The molecule has 0 unspecified atom stereocenters. The number of imidazole rings is 1. The van der Waals surface area contributed by atoms with Gasteiger partial charge < -0.3 is 121 Å². The molecule has 0 spiro atoms. The van der Waals surface area contributed by atoms with Gasteiger partial charge in [0.05, 0.1) is 71.7 Å². The number of aromatic nitrogens is 9. The number of sulfone groups is 1. The number of thiol groups is 1. The summed E-state index contributed by atoms with van der Waals surface area (Å²) in [5.74, 6) is -5.45. The first-order valence-corrected chi connectivity index (χ1v) is 46.7. The number of Topliss-reactive ketones (excluding diaryl/α,β-unsaturated/α-hetero) is 1. The van der Waals surface area contributed by atoms with Gasteiger partial charge in [0.2, 0.25) is 40.8 Å². The van der Waals surface area contributed by atoms with E-state index in [4.69, 9.17) is 84.2 Å². The minimum absolute atomic E-state index is 0. The Labute approximate surface area is 856 Å². The van der Waals surface area contributed by atoms with E-state index >= 15 is 0 Å². The number of hydrogen-bond donors (Lipinski definition) is 8. The standard InChI is InChI=1S/C26H28Cl2N4O4.C17H17N4O6S2.C14H17N5O3.C10H11N4O4S.C10H12N2O5S.C5H11NO2S.2Na.2H2O/c1-19(33)31-10-12-32(13-11-31)21-3-5-22(6-4-21)34-15-23-16-35-26(36-23,17-30-9-8-29-18-30)24-7-2-20(27)14-25(24)28;1-8(23)27-5-9-6-28-16-10(15(25)21(16)12(9)4-22)3-13(24)14(20-26-2)11-7-29-17(18)19-11;1-2-18-8-10(13(21)22)11(20)9-7-16-14(17-12(9)18)19-5-3-15-4-6-19;1-10(6-13-3-2-11-12-13)7(5-15)14-8(16)4-9(14)19(10,17)18;1-4(13)17-2-5-3-18-9-6(11)8(14)12(9)7(5)10(15)16;1-5(2,9)3(6)4(7)8;;;;/h2-9,14,18,23H,10-13,15-17H2,1H3;7,10,16H,3,5-6H2,1-2H3,(H2,18,19);7-8,15H,2-6H2,1H3,(H,21,22);2-3,7,9H,4,6H2,1H3;6,9H,2-3,11H2,1H3,(H,15,16);3,9H,6H2,1-2H3,(H,7,8);;;2*1H2/q;-1;;-1;;;2*+1;;/p-2/b;20-14-;;;;;;;;/t23-,26-;10-,16-;;7-,9+,10-;6-,9-;3-;;;;/m01.010..../s1. The monoisotopic (exact) mass is 2050 g/mol. The number of allylic oxidation sites excluding steroid dienone is 1. The van der Waals surface area contributed by atoms with Gasteiger partial charge in [-0.3, -0.25) is 52.7 Å². The third kappa shape index (κ3) is 26.6. The minimum Gasteiger partial charge on any atom is -0.870 e. The quantitative estimate of drug-likeness (QED) is 0.00487. The van der Waals surface area contributed by atoms with Crippen molar-refractivity contribution >= 4 is 186 Å². The van der Waals surface area contributed by atoms with E-state index in [1.807, 2.05) is 57.8 Å². The van der Waals surface area contributed by atoms with Crippen LogP contribution in [0.15, 0.2) is 124 Å². The van der Waals surface area contributed by atoms with Gasteiger partial charge in [-0.15, -0.1) is 45.5 Å². The maximum atomic E-state index is 12.7. The number of aryl methyl sites for hydroxylation is 1. The number of oxime groups is 1. The number of β-lactam (4-membered cyclic amide) rings is 3. The number of ketones is 1. The topological polar surface area (TPSA) is 646 Å². The van der Waals surface area contributed by atoms with E-state index in [9.17, 15) is 70.7 Å². The normalized spacial score (nSPS) is 22.2. The molecular weight excluding hydrogens is 1960 g/mol. The molecule has 2 aromatic carbocycles. The number of carbonyl (C=O) groups is 10. The van der Waals surface area contributed by atoms with Crippen LogP contribution in [0.1, 0.15) is 82.9 Å². The summed E-state index contributed by atoms with van der Waals surface area (Å²) in [5.41, 5.74) is 19.1. The summed E-state index contributed by atoms with van der Waals surface area (Å²) in [6.07, 6.45) is 14.0. The Kier molecular flexibility index (Phi) is 41.7. The van der Waals surface area contributed by atoms with Crippen molar-refractivity contribution in [3.63, 3.8) is 0 Å². The van der Waals surface area contributed by atoms with Crippen molar-refractivity contribution in [3.8, 4) is 5.75 Å². The van der Waals surface area contributed by atoms with Gasteiger partial charge in [-0.25, -0.2) is 39.2 Å². The Morgan fingerprint density at radius 2 is 1.50 bits per heavy atom. The van der Waals surface area contributed by atoms with Crippen molar-refractivity contribution in [2.24, 2.45) is 22.5 Å². The van der Waals surface area contributed by atoms with Crippen LogP contribution in [0, 0.1) is 5.92 Å². The molecule has 0 saturated carbocycles. The number of nitrogens with two attached hydrogens (primary N) is 3. The number of nitrogen functional groups attached to an aromatic ring is 1. The number of thiazole rings is 1. The van der Waals surface area contributed by atoms with E-state index in [2.05, 4.69) is 58.2 Å². The van der Waals surface area contributed by atoms with Gasteiger partial charge in [0.1, 0.15) is 77.6 Å². The number of carboxylic acid groups (broad SMARTS) is 3. The molecule has 12 N–H and O–H groups in total. The van der Waals surface area contributed by atoms with Crippen LogP contribution in [0.4, 0.5) is 16.8 Å². The Balaban J connectivity index is 0.000000231. The summed E-state index contributed by atoms with van der Waals surface area (Å²) in [7, 11) is -2.34. The van der Waals surface area contributed by atoms with Gasteiger partial charge in [0.15, 0.2) is 26.5 Å². The molecule has 16 rings (SSSR count). The largest absolute Gasteiger partial charge is 1.00 e. The number of amides is 4. The van der Waals surface area contributed by atoms with Crippen LogP contribution in [0.25, 0.3) is 11.0 Å². The molecule has 4 amide bonds. The number of carbonyl (C=O) groups excluding carboxylic acids is 9. The van der Waals surface area contributed by atoms with Crippen LogP contribution in [-0.4, -0.2) is 323 Å². The molecule has 0 aliphatic carbocycles. The summed E-state index contributed by atoms with van der Waals surface area (Å²) in [4.78, 5) is 181. The number of carboxylic acids is 3. The molecule has 730 valence electrons. The number of hydrogen-bond acceptors (Lipinski definition) is 40. The van der Waals surface area contributed by atoms with Gasteiger partial charge in [0.25, 0.3) is 0 Å². The molecule has 46 nitrogen and oxygen atoms in total. The number of aromatic carboxylic acids is 1.